The third-order valence-electron chi connectivity index (χ3n) is 7.67. The summed E-state index contributed by atoms with van der Waals surface area (Å²) in [6, 6.07) is 21.8. The topological polar surface area (TPSA) is 95.1 Å². The Hall–Kier alpha value is -4.72. The van der Waals surface area contributed by atoms with Gasteiger partial charge in [-0.2, -0.15) is 0 Å². The number of nitrogens with zero attached hydrogens (tertiary/aromatic N) is 2. The molecule has 0 aliphatic carbocycles. The van der Waals surface area contributed by atoms with Crippen LogP contribution in [0.2, 0.25) is 0 Å². The number of carbonyl (C=O) groups is 2. The Labute approximate surface area is 232 Å². The number of hydrogen-bond donors (Lipinski definition) is 2. The van der Waals surface area contributed by atoms with Gasteiger partial charge in [0, 0.05) is 42.7 Å². The molecule has 0 unspecified atom stereocenters. The molecule has 8 heteroatoms. The van der Waals surface area contributed by atoms with Crippen molar-refractivity contribution in [3.05, 3.63) is 101 Å². The van der Waals surface area contributed by atoms with Crippen molar-refractivity contribution in [2.45, 2.75) is 18.9 Å². The summed E-state index contributed by atoms with van der Waals surface area (Å²) in [6.45, 7) is 1.85. The summed E-state index contributed by atoms with van der Waals surface area (Å²) < 4.78 is 11.4. The SMILES string of the molecule is CN(CCOc1ccc(C=CC(=O)N2CCc3c([nH]c4ccccc34)[C@H]2c2ccc3c(c2)CCO3)cc1)C(=O)O. The second-order valence-electron chi connectivity index (χ2n) is 10.2. The largest absolute Gasteiger partial charge is 0.493 e. The molecule has 8 nitrogen and oxygen atoms in total. The van der Waals surface area contributed by atoms with Gasteiger partial charge in [-0.15, -0.1) is 0 Å². The fraction of sp³-hybridized carbons (Fsp3) is 0.250. The number of para-hydroxylation sites is 1. The van der Waals surface area contributed by atoms with E-state index in [0.29, 0.717) is 18.9 Å². The van der Waals surface area contributed by atoms with E-state index in [1.807, 2.05) is 47.4 Å². The molecule has 1 aromatic heterocycles. The minimum absolute atomic E-state index is 0.0527. The van der Waals surface area contributed by atoms with Crippen molar-refractivity contribution in [1.82, 2.24) is 14.8 Å². The molecule has 2 aliphatic heterocycles. The van der Waals surface area contributed by atoms with Crippen LogP contribution in [0.5, 0.6) is 11.5 Å². The van der Waals surface area contributed by atoms with Gasteiger partial charge in [-0.1, -0.05) is 36.4 Å². The van der Waals surface area contributed by atoms with Gasteiger partial charge < -0.3 is 29.4 Å². The van der Waals surface area contributed by atoms with Crippen LogP contribution in [0.3, 0.4) is 0 Å². The highest BCUT2D eigenvalue weighted by Gasteiger charge is 2.34. The van der Waals surface area contributed by atoms with E-state index in [1.165, 1.54) is 28.5 Å². The monoisotopic (exact) mass is 537 g/mol. The van der Waals surface area contributed by atoms with Gasteiger partial charge in [0.05, 0.1) is 19.2 Å². The molecule has 0 saturated heterocycles. The van der Waals surface area contributed by atoms with Crippen LogP contribution < -0.4 is 9.47 Å². The number of amides is 2. The van der Waals surface area contributed by atoms with Gasteiger partial charge in [0.25, 0.3) is 0 Å². The lowest BCUT2D eigenvalue weighted by Gasteiger charge is -2.36. The van der Waals surface area contributed by atoms with E-state index in [4.69, 9.17) is 14.6 Å². The van der Waals surface area contributed by atoms with Crippen LogP contribution in [0, 0.1) is 0 Å². The second-order valence-corrected chi connectivity index (χ2v) is 10.2. The van der Waals surface area contributed by atoms with Crippen molar-refractivity contribution in [3.8, 4) is 11.5 Å². The molecule has 3 aromatic carbocycles. The maximum absolute atomic E-state index is 13.7. The van der Waals surface area contributed by atoms with Gasteiger partial charge in [0.15, 0.2) is 0 Å². The zero-order valence-electron chi connectivity index (χ0n) is 22.3. The molecular formula is C32H31N3O5. The summed E-state index contributed by atoms with van der Waals surface area (Å²) in [5.74, 6) is 1.52. The second kappa shape index (κ2) is 10.8. The molecule has 2 aliphatic rings. The third kappa shape index (κ3) is 5.00. The number of likely N-dealkylation sites (N-methyl/N-ethyl adjacent to an activating group) is 1. The van der Waals surface area contributed by atoms with Crippen LogP contribution in [-0.4, -0.2) is 65.2 Å². The number of carboxylic acid groups (broad SMARTS) is 1. The molecule has 2 amide bonds. The summed E-state index contributed by atoms with van der Waals surface area (Å²) in [5.41, 5.74) is 6.56. The van der Waals surface area contributed by atoms with Crippen molar-refractivity contribution < 1.29 is 24.2 Å². The number of ether oxygens (including phenoxy) is 2. The first-order chi connectivity index (χ1) is 19.5. The van der Waals surface area contributed by atoms with Crippen molar-refractivity contribution in [2.75, 3.05) is 33.4 Å². The third-order valence-corrected chi connectivity index (χ3v) is 7.67. The molecule has 1 atom stereocenters. The molecule has 0 spiro atoms. The van der Waals surface area contributed by atoms with Crippen LogP contribution in [0.15, 0.2) is 72.8 Å². The van der Waals surface area contributed by atoms with Crippen LogP contribution in [0.4, 0.5) is 4.79 Å². The van der Waals surface area contributed by atoms with Gasteiger partial charge in [-0.05, 0) is 65.1 Å². The molecule has 0 radical (unpaired) electrons. The molecule has 0 fully saturated rings. The van der Waals surface area contributed by atoms with E-state index < -0.39 is 6.09 Å². The average molecular weight is 538 g/mol. The molecule has 4 aromatic rings. The Morgan fingerprint density at radius 2 is 1.95 bits per heavy atom. The molecule has 6 rings (SSSR count). The maximum Gasteiger partial charge on any atom is 0.407 e. The van der Waals surface area contributed by atoms with E-state index in [9.17, 15) is 9.59 Å². The Kier molecular flexibility index (Phi) is 6.90. The Morgan fingerprint density at radius 3 is 2.77 bits per heavy atom. The Balaban J connectivity index is 1.23. The number of rotatable bonds is 7. The fourth-order valence-electron chi connectivity index (χ4n) is 5.54. The number of benzene rings is 3. The predicted octanol–water partition coefficient (Wildman–Crippen LogP) is 5.28. The van der Waals surface area contributed by atoms with Crippen molar-refractivity contribution in [1.29, 1.82) is 0 Å². The standard InChI is InChI=1S/C32H31N3O5/c1-34(32(37)38)17-19-39-24-10-6-21(7-11-24)8-13-29(36)35-16-14-26-25-4-2-3-5-27(25)33-30(26)31(35)23-9-12-28-22(20-23)15-18-40-28/h2-13,20,31,33H,14-19H2,1H3,(H,37,38)/t31-/m1/s1. The van der Waals surface area contributed by atoms with E-state index in [0.717, 1.165) is 40.9 Å². The van der Waals surface area contributed by atoms with Crippen molar-refractivity contribution >= 4 is 29.0 Å². The molecule has 0 saturated carbocycles. The lowest BCUT2D eigenvalue weighted by Crippen LogP contribution is -2.39. The summed E-state index contributed by atoms with van der Waals surface area (Å²) >= 11 is 0. The number of nitrogens with one attached hydrogen (secondary N) is 1. The normalized spacial score (nSPS) is 16.0. The van der Waals surface area contributed by atoms with Crippen molar-refractivity contribution in [3.63, 3.8) is 0 Å². The quantitative estimate of drug-likeness (QED) is 0.313. The average Bonchev–Trinajstić information content (AvgIpc) is 3.60. The maximum atomic E-state index is 13.7. The summed E-state index contributed by atoms with van der Waals surface area (Å²) in [5, 5.41) is 10.2. The minimum atomic E-state index is -0.990. The van der Waals surface area contributed by atoms with E-state index >= 15 is 0 Å². The number of H-pyrrole nitrogens is 1. The van der Waals surface area contributed by atoms with Crippen LogP contribution in [-0.2, 0) is 17.6 Å². The highest BCUT2D eigenvalue weighted by molar-refractivity contribution is 5.93. The fourth-order valence-corrected chi connectivity index (χ4v) is 5.54. The van der Waals surface area contributed by atoms with Gasteiger partial charge in [0.1, 0.15) is 18.1 Å². The van der Waals surface area contributed by atoms with E-state index in [-0.39, 0.29) is 25.1 Å². The zero-order valence-corrected chi connectivity index (χ0v) is 22.3. The minimum Gasteiger partial charge on any atom is -0.493 e. The Morgan fingerprint density at radius 1 is 1.12 bits per heavy atom. The first-order valence-corrected chi connectivity index (χ1v) is 13.5. The molecule has 40 heavy (non-hydrogen) atoms. The summed E-state index contributed by atoms with van der Waals surface area (Å²) in [7, 11) is 1.50. The lowest BCUT2D eigenvalue weighted by atomic mass is 9.91. The van der Waals surface area contributed by atoms with Crippen molar-refractivity contribution in [2.24, 2.45) is 0 Å². The number of aromatic nitrogens is 1. The van der Waals surface area contributed by atoms with Gasteiger partial charge in [-0.3, -0.25) is 4.79 Å². The zero-order chi connectivity index (χ0) is 27.6. The van der Waals surface area contributed by atoms with Gasteiger partial charge in [-0.25, -0.2) is 4.79 Å². The first-order valence-electron chi connectivity index (χ1n) is 13.5. The van der Waals surface area contributed by atoms with E-state index in [2.05, 4.69) is 35.3 Å². The van der Waals surface area contributed by atoms with Crippen LogP contribution in [0.25, 0.3) is 17.0 Å². The summed E-state index contributed by atoms with van der Waals surface area (Å²) in [4.78, 5) is 31.3. The lowest BCUT2D eigenvalue weighted by molar-refractivity contribution is -0.128. The highest BCUT2D eigenvalue weighted by Crippen LogP contribution is 2.40. The number of fused-ring (bicyclic) bond motifs is 4. The van der Waals surface area contributed by atoms with Gasteiger partial charge in [0.2, 0.25) is 5.91 Å². The smallest absolute Gasteiger partial charge is 0.407 e. The molecule has 3 heterocycles. The highest BCUT2D eigenvalue weighted by atomic mass is 16.5. The Bertz CT molecular complexity index is 1590. The number of carbonyl (C=O) groups excluding carboxylic acids is 1. The first kappa shape index (κ1) is 25.6. The predicted molar refractivity (Wildman–Crippen MR) is 153 cm³/mol. The number of aromatic amines is 1. The molecule has 2 N–H and O–H groups in total. The number of hydrogen-bond acceptors (Lipinski definition) is 4. The van der Waals surface area contributed by atoms with Crippen LogP contribution >= 0.6 is 0 Å². The molecule has 204 valence electrons. The van der Waals surface area contributed by atoms with Crippen LogP contribution in [0.1, 0.15) is 34.0 Å². The molecular weight excluding hydrogens is 506 g/mol. The molecule has 0 bridgehead atoms. The van der Waals surface area contributed by atoms with Gasteiger partial charge >= 0.3 is 6.09 Å². The summed E-state index contributed by atoms with van der Waals surface area (Å²) in [6.07, 6.45) is 4.12. The van der Waals surface area contributed by atoms with E-state index in [1.54, 1.807) is 6.08 Å².